The number of anilines is 1. The van der Waals surface area contributed by atoms with Crippen molar-refractivity contribution < 1.29 is 38.3 Å². The van der Waals surface area contributed by atoms with Gasteiger partial charge in [-0.3, -0.25) is 10.3 Å². The minimum Gasteiger partial charge on any atom is -0.550 e. The van der Waals surface area contributed by atoms with Crippen molar-refractivity contribution >= 4 is 17.7 Å². The number of aliphatic carboxylic acids is 1. The zero-order chi connectivity index (χ0) is 13.8. The molecule has 0 aliphatic rings. The molecule has 0 fully saturated rings. The summed E-state index contributed by atoms with van der Waals surface area (Å²) < 4.78 is 5.06. The van der Waals surface area contributed by atoms with Gasteiger partial charge in [-0.2, -0.15) is 0 Å². The maximum Gasteiger partial charge on any atom is 1.00 e. The Morgan fingerprint density at radius 1 is 1.42 bits per heavy atom. The van der Waals surface area contributed by atoms with E-state index in [0.29, 0.717) is 11.4 Å². The average molecular weight is 258 g/mol. The van der Waals surface area contributed by atoms with Crippen LogP contribution in [0.4, 0.5) is 10.5 Å². The van der Waals surface area contributed by atoms with Crippen molar-refractivity contribution in [1.29, 1.82) is 0 Å². The molecule has 19 heavy (non-hydrogen) atoms. The molecule has 0 unspecified atom stereocenters. The molecule has 1 heterocycles. The van der Waals surface area contributed by atoms with E-state index in [4.69, 9.17) is 4.74 Å². The molecule has 0 aliphatic carbocycles. The normalized spacial score (nSPS) is 10.3. The number of aromatic nitrogens is 1. The Kier molecular flexibility index (Phi) is 6.60. The third-order valence-electron chi connectivity index (χ3n) is 1.79. The second kappa shape index (κ2) is 7.17. The van der Waals surface area contributed by atoms with Crippen molar-refractivity contribution in [1.82, 2.24) is 4.98 Å². The van der Waals surface area contributed by atoms with Gasteiger partial charge in [0.25, 0.3) is 0 Å². The standard InChI is InChI=1S/C12H16N2O4.Li/c1-12(2,3)18-11(17)14-8-4-5-13-9(6-8)7-10(15)16;/h4-6H,7H2,1-3H3,(H,15,16)(H,13,14,17);/q;+1/p-1. The summed E-state index contributed by atoms with van der Waals surface area (Å²) in [7, 11) is 0. The molecule has 1 aromatic heterocycles. The van der Waals surface area contributed by atoms with Crippen LogP contribution in [0.15, 0.2) is 18.3 Å². The fourth-order valence-corrected chi connectivity index (χ4v) is 1.22. The van der Waals surface area contributed by atoms with Gasteiger partial charge >= 0.3 is 25.0 Å². The largest absolute Gasteiger partial charge is 1.00 e. The molecule has 1 N–H and O–H groups in total. The smallest absolute Gasteiger partial charge is 0.550 e. The molecule has 6 nitrogen and oxygen atoms in total. The second-order valence-corrected chi connectivity index (χ2v) is 4.71. The Labute approximate surface area is 123 Å². The summed E-state index contributed by atoms with van der Waals surface area (Å²) in [4.78, 5) is 25.8. The van der Waals surface area contributed by atoms with Crippen LogP contribution in [0.3, 0.4) is 0 Å². The minimum absolute atomic E-state index is 0. The Morgan fingerprint density at radius 3 is 2.58 bits per heavy atom. The van der Waals surface area contributed by atoms with Crippen LogP contribution in [0.2, 0.25) is 0 Å². The molecule has 1 amide bonds. The van der Waals surface area contributed by atoms with Gasteiger partial charge in [0, 0.05) is 30.0 Å². The van der Waals surface area contributed by atoms with Crippen LogP contribution >= 0.6 is 0 Å². The summed E-state index contributed by atoms with van der Waals surface area (Å²) in [6, 6.07) is 3.00. The van der Waals surface area contributed by atoms with Gasteiger partial charge < -0.3 is 14.6 Å². The summed E-state index contributed by atoms with van der Waals surface area (Å²) in [6.07, 6.45) is 0.502. The quantitative estimate of drug-likeness (QED) is 0.617. The number of carboxylic acids is 1. The molecule has 0 radical (unpaired) electrons. The number of carbonyl (C=O) groups is 2. The second-order valence-electron chi connectivity index (χ2n) is 4.71. The van der Waals surface area contributed by atoms with E-state index >= 15 is 0 Å². The maximum absolute atomic E-state index is 11.5. The third kappa shape index (κ3) is 7.49. The Hall–Kier alpha value is -1.51. The molecular weight excluding hydrogens is 243 g/mol. The molecule has 0 bridgehead atoms. The molecular formula is C12H15LiN2O4. The summed E-state index contributed by atoms with van der Waals surface area (Å²) >= 11 is 0. The Morgan fingerprint density at radius 2 is 2.05 bits per heavy atom. The zero-order valence-corrected chi connectivity index (χ0v) is 11.5. The summed E-state index contributed by atoms with van der Waals surface area (Å²) in [6.45, 7) is 5.25. The summed E-state index contributed by atoms with van der Waals surface area (Å²) in [5, 5.41) is 12.9. The van der Waals surface area contributed by atoms with E-state index in [1.807, 2.05) is 0 Å². The molecule has 1 aromatic rings. The first-order valence-corrected chi connectivity index (χ1v) is 5.41. The number of rotatable bonds is 3. The van der Waals surface area contributed by atoms with E-state index in [9.17, 15) is 14.7 Å². The van der Waals surface area contributed by atoms with Crippen LogP contribution in [0, 0.1) is 0 Å². The molecule has 0 saturated heterocycles. The number of hydrogen-bond acceptors (Lipinski definition) is 5. The number of nitrogens with zero attached hydrogens (tertiary/aromatic N) is 1. The van der Waals surface area contributed by atoms with Gasteiger partial charge in [0.05, 0.1) is 0 Å². The van der Waals surface area contributed by atoms with Crippen LogP contribution in [0.5, 0.6) is 0 Å². The number of pyridine rings is 1. The van der Waals surface area contributed by atoms with Gasteiger partial charge in [0.1, 0.15) is 5.60 Å². The predicted molar refractivity (Wildman–Crippen MR) is 62.8 cm³/mol. The monoisotopic (exact) mass is 258 g/mol. The van der Waals surface area contributed by atoms with E-state index < -0.39 is 17.7 Å². The summed E-state index contributed by atoms with van der Waals surface area (Å²) in [5.41, 5.74) is 0.143. The van der Waals surface area contributed by atoms with Crippen molar-refractivity contribution in [3.05, 3.63) is 24.0 Å². The van der Waals surface area contributed by atoms with Crippen molar-refractivity contribution in [2.24, 2.45) is 0 Å². The van der Waals surface area contributed by atoms with E-state index in [1.54, 1.807) is 26.8 Å². The number of ether oxygens (including phenoxy) is 1. The fourth-order valence-electron chi connectivity index (χ4n) is 1.22. The first-order chi connectivity index (χ1) is 8.26. The number of hydrogen-bond donors (Lipinski definition) is 1. The number of carboxylic acid groups (broad SMARTS) is 1. The van der Waals surface area contributed by atoms with Gasteiger partial charge in [0.15, 0.2) is 0 Å². The fraction of sp³-hybridized carbons (Fsp3) is 0.417. The molecule has 0 spiro atoms. The van der Waals surface area contributed by atoms with Crippen molar-refractivity contribution in [3.63, 3.8) is 0 Å². The molecule has 0 atom stereocenters. The molecule has 1 rings (SSSR count). The van der Waals surface area contributed by atoms with Crippen molar-refractivity contribution in [2.75, 3.05) is 5.32 Å². The number of carbonyl (C=O) groups excluding carboxylic acids is 2. The topological polar surface area (TPSA) is 91.3 Å². The molecule has 0 saturated carbocycles. The van der Waals surface area contributed by atoms with Gasteiger partial charge in [0.2, 0.25) is 0 Å². The van der Waals surface area contributed by atoms with Crippen LogP contribution in [0.25, 0.3) is 0 Å². The van der Waals surface area contributed by atoms with Crippen molar-refractivity contribution in [3.8, 4) is 0 Å². The van der Waals surface area contributed by atoms with Crippen LogP contribution in [-0.4, -0.2) is 22.6 Å². The SMILES string of the molecule is CC(C)(C)OC(=O)Nc1ccnc(CC(=O)[O-])c1.[Li+]. The number of amides is 1. The van der Waals surface area contributed by atoms with E-state index in [0.717, 1.165) is 0 Å². The molecule has 0 aliphatic heterocycles. The van der Waals surface area contributed by atoms with Gasteiger partial charge in [-0.1, -0.05) is 0 Å². The van der Waals surface area contributed by atoms with Crippen LogP contribution in [0.1, 0.15) is 26.5 Å². The van der Waals surface area contributed by atoms with E-state index in [1.165, 1.54) is 12.3 Å². The van der Waals surface area contributed by atoms with Gasteiger partial charge in [-0.25, -0.2) is 4.79 Å². The van der Waals surface area contributed by atoms with E-state index in [-0.39, 0.29) is 25.3 Å². The molecule has 0 aromatic carbocycles. The minimum atomic E-state index is -1.23. The number of nitrogens with one attached hydrogen (secondary N) is 1. The Bertz CT molecular complexity index is 457. The molecule has 98 valence electrons. The zero-order valence-electron chi connectivity index (χ0n) is 11.5. The van der Waals surface area contributed by atoms with Crippen LogP contribution < -0.4 is 29.3 Å². The predicted octanol–water partition coefficient (Wildman–Crippen LogP) is -2.27. The average Bonchev–Trinajstić information content (AvgIpc) is 2.13. The van der Waals surface area contributed by atoms with E-state index in [2.05, 4.69) is 10.3 Å². The third-order valence-corrected chi connectivity index (χ3v) is 1.79. The Balaban J connectivity index is 0.00000324. The first kappa shape index (κ1) is 17.5. The van der Waals surface area contributed by atoms with Crippen molar-refractivity contribution in [2.45, 2.75) is 32.8 Å². The molecule has 7 heteroatoms. The van der Waals surface area contributed by atoms with Gasteiger partial charge in [-0.15, -0.1) is 0 Å². The summed E-state index contributed by atoms with van der Waals surface area (Å²) in [5.74, 6) is -1.23. The maximum atomic E-state index is 11.5. The first-order valence-electron chi connectivity index (χ1n) is 5.41. The van der Waals surface area contributed by atoms with Crippen LogP contribution in [-0.2, 0) is 16.0 Å². The van der Waals surface area contributed by atoms with Gasteiger partial charge in [-0.05, 0) is 32.9 Å².